The number of nitrogens with one attached hydrogen (secondary N) is 1. The molecule has 182 valence electrons. The van der Waals surface area contributed by atoms with Crippen LogP contribution in [0.25, 0.3) is 11.3 Å². The van der Waals surface area contributed by atoms with Crippen molar-refractivity contribution in [1.82, 2.24) is 15.4 Å². The van der Waals surface area contributed by atoms with Gasteiger partial charge < -0.3 is 24.2 Å². The fourth-order valence-corrected chi connectivity index (χ4v) is 4.70. The second kappa shape index (κ2) is 10.3. The van der Waals surface area contributed by atoms with Gasteiger partial charge in [0.05, 0.1) is 19.7 Å². The molecule has 1 aromatic heterocycles. The zero-order valence-electron chi connectivity index (χ0n) is 19.6. The summed E-state index contributed by atoms with van der Waals surface area (Å²) in [6.45, 7) is 1.54. The van der Waals surface area contributed by atoms with Gasteiger partial charge in [-0.3, -0.25) is 9.59 Å². The van der Waals surface area contributed by atoms with Gasteiger partial charge in [-0.2, -0.15) is 0 Å². The fraction of sp³-hybridized carbons (Fsp3) is 0.370. The molecule has 8 nitrogen and oxygen atoms in total. The van der Waals surface area contributed by atoms with E-state index in [0.29, 0.717) is 31.8 Å². The summed E-state index contributed by atoms with van der Waals surface area (Å²) < 4.78 is 17.4. The molecule has 2 aliphatic heterocycles. The van der Waals surface area contributed by atoms with Gasteiger partial charge in [0.1, 0.15) is 18.1 Å². The molecule has 1 unspecified atom stereocenters. The molecule has 8 heteroatoms. The average Bonchev–Trinajstić information content (AvgIpc) is 3.40. The molecule has 3 heterocycles. The average molecular weight is 476 g/mol. The maximum Gasteiger partial charge on any atom is 0.292 e. The first-order chi connectivity index (χ1) is 17.1. The fourth-order valence-electron chi connectivity index (χ4n) is 4.70. The molecular formula is C27H29N3O5. The minimum atomic E-state index is -1.10. The smallest absolute Gasteiger partial charge is 0.292 e. The van der Waals surface area contributed by atoms with E-state index in [-0.39, 0.29) is 30.7 Å². The normalized spacial score (nSPS) is 21.3. The van der Waals surface area contributed by atoms with E-state index in [9.17, 15) is 9.59 Å². The summed E-state index contributed by atoms with van der Waals surface area (Å²) in [5, 5.41) is 7.02. The molecule has 2 amide bonds. The van der Waals surface area contributed by atoms with Crippen LogP contribution in [0, 0.1) is 0 Å². The predicted octanol–water partition coefficient (Wildman–Crippen LogP) is 3.47. The third kappa shape index (κ3) is 5.07. The molecule has 2 aliphatic rings. The number of ether oxygens (including phenoxy) is 2. The van der Waals surface area contributed by atoms with Crippen molar-refractivity contribution in [2.24, 2.45) is 0 Å². The molecule has 2 aromatic carbocycles. The summed E-state index contributed by atoms with van der Waals surface area (Å²) >= 11 is 0. The molecular weight excluding hydrogens is 446 g/mol. The molecule has 0 bridgehead atoms. The van der Waals surface area contributed by atoms with Crippen molar-refractivity contribution in [3.05, 3.63) is 72.0 Å². The highest BCUT2D eigenvalue weighted by Crippen LogP contribution is 2.29. The monoisotopic (exact) mass is 475 g/mol. The molecule has 0 radical (unpaired) electrons. The quantitative estimate of drug-likeness (QED) is 0.610. The maximum absolute atomic E-state index is 13.3. The Kier molecular flexibility index (Phi) is 6.81. The second-order valence-electron chi connectivity index (χ2n) is 8.93. The molecule has 0 saturated carbocycles. The lowest BCUT2D eigenvalue weighted by molar-refractivity contribution is -0.159. The molecule has 1 saturated heterocycles. The van der Waals surface area contributed by atoms with Gasteiger partial charge in [-0.25, -0.2) is 0 Å². The first kappa shape index (κ1) is 23.1. The molecule has 0 aliphatic carbocycles. The minimum absolute atomic E-state index is 0.152. The summed E-state index contributed by atoms with van der Waals surface area (Å²) in [6.07, 6.45) is 3.05. The van der Waals surface area contributed by atoms with E-state index >= 15 is 0 Å². The predicted molar refractivity (Wildman–Crippen MR) is 129 cm³/mol. The molecule has 1 spiro atoms. The van der Waals surface area contributed by atoms with Gasteiger partial charge >= 0.3 is 0 Å². The van der Waals surface area contributed by atoms with Gasteiger partial charge in [0, 0.05) is 18.2 Å². The van der Waals surface area contributed by atoms with Crippen molar-refractivity contribution in [3.63, 3.8) is 0 Å². The van der Waals surface area contributed by atoms with Crippen molar-refractivity contribution >= 4 is 11.8 Å². The number of para-hydroxylation sites is 1. The lowest BCUT2D eigenvalue weighted by Crippen LogP contribution is -2.61. The van der Waals surface area contributed by atoms with Gasteiger partial charge in [0.25, 0.3) is 11.8 Å². The minimum Gasteiger partial charge on any atom is -0.491 e. The van der Waals surface area contributed by atoms with Gasteiger partial charge in [-0.05, 0) is 37.3 Å². The number of aromatic nitrogens is 1. The molecule has 5 rings (SSSR count). The Morgan fingerprint density at radius 3 is 2.74 bits per heavy atom. The number of hydrogen-bond donors (Lipinski definition) is 1. The summed E-state index contributed by atoms with van der Waals surface area (Å²) in [5.41, 5.74) is 1.53. The van der Waals surface area contributed by atoms with Crippen molar-refractivity contribution < 1.29 is 23.6 Å². The van der Waals surface area contributed by atoms with Crippen LogP contribution in [0.15, 0.2) is 65.2 Å². The van der Waals surface area contributed by atoms with E-state index in [1.54, 1.807) is 11.0 Å². The van der Waals surface area contributed by atoms with Crippen LogP contribution in [0.1, 0.15) is 35.4 Å². The van der Waals surface area contributed by atoms with Gasteiger partial charge in [-0.1, -0.05) is 53.7 Å². The number of carbonyl (C=O) groups is 2. The number of carbonyl (C=O) groups excluding carboxylic acids is 2. The number of amides is 2. The standard InChI is InChI=1S/C27H29N3O5/c31-25(24-18-22(29-35-24)20-8-2-1-3-9-20)30-15-17-34-27(19-30)13-7-6-11-21-10-4-5-12-23(21)33-16-14-28-26(27)32/h1-5,8-10,12,18H,6-7,11,13-17,19H2,(H,28,32). The molecule has 1 fully saturated rings. The Hall–Kier alpha value is -3.65. The van der Waals surface area contributed by atoms with Gasteiger partial charge in [0.15, 0.2) is 5.60 Å². The highest BCUT2D eigenvalue weighted by atomic mass is 16.5. The van der Waals surface area contributed by atoms with E-state index < -0.39 is 5.60 Å². The Morgan fingerprint density at radius 2 is 1.86 bits per heavy atom. The van der Waals surface area contributed by atoms with Crippen LogP contribution in [0.2, 0.25) is 0 Å². The Bertz CT molecular complexity index is 1180. The summed E-state index contributed by atoms with van der Waals surface area (Å²) in [4.78, 5) is 28.2. The Morgan fingerprint density at radius 1 is 1.03 bits per heavy atom. The lowest BCUT2D eigenvalue weighted by atomic mass is 9.91. The third-order valence-electron chi connectivity index (χ3n) is 6.57. The van der Waals surface area contributed by atoms with E-state index in [1.165, 1.54) is 0 Å². The van der Waals surface area contributed by atoms with Crippen LogP contribution in [-0.4, -0.2) is 60.3 Å². The van der Waals surface area contributed by atoms with Crippen LogP contribution >= 0.6 is 0 Å². The van der Waals surface area contributed by atoms with Crippen molar-refractivity contribution in [2.75, 3.05) is 32.8 Å². The highest BCUT2D eigenvalue weighted by molar-refractivity contribution is 5.94. The highest BCUT2D eigenvalue weighted by Gasteiger charge is 2.45. The lowest BCUT2D eigenvalue weighted by Gasteiger charge is -2.41. The van der Waals surface area contributed by atoms with Crippen LogP contribution in [0.3, 0.4) is 0 Å². The number of nitrogens with zero attached hydrogens (tertiary/aromatic N) is 2. The van der Waals surface area contributed by atoms with Crippen LogP contribution in [0.5, 0.6) is 5.75 Å². The second-order valence-corrected chi connectivity index (χ2v) is 8.93. The number of morpholine rings is 1. The number of fused-ring (bicyclic) bond motifs is 1. The first-order valence-corrected chi connectivity index (χ1v) is 12.1. The van der Waals surface area contributed by atoms with E-state index in [4.69, 9.17) is 14.0 Å². The number of hydrogen-bond acceptors (Lipinski definition) is 6. The molecule has 1 atom stereocenters. The maximum atomic E-state index is 13.3. The van der Waals surface area contributed by atoms with Crippen LogP contribution in [0.4, 0.5) is 0 Å². The Balaban J connectivity index is 1.30. The van der Waals surface area contributed by atoms with Crippen LogP contribution < -0.4 is 10.1 Å². The van der Waals surface area contributed by atoms with Crippen LogP contribution in [-0.2, 0) is 16.0 Å². The first-order valence-electron chi connectivity index (χ1n) is 12.1. The number of benzene rings is 2. The molecule has 3 aromatic rings. The van der Waals surface area contributed by atoms with E-state index in [2.05, 4.69) is 16.5 Å². The van der Waals surface area contributed by atoms with Crippen molar-refractivity contribution in [3.8, 4) is 17.0 Å². The molecule has 1 N–H and O–H groups in total. The summed E-state index contributed by atoms with van der Waals surface area (Å²) in [5.74, 6) is 0.512. The van der Waals surface area contributed by atoms with Crippen molar-refractivity contribution in [1.29, 1.82) is 0 Å². The topological polar surface area (TPSA) is 93.9 Å². The number of rotatable bonds is 2. The Labute approximate surface area is 204 Å². The van der Waals surface area contributed by atoms with E-state index in [1.807, 2.05) is 48.5 Å². The van der Waals surface area contributed by atoms with Crippen molar-refractivity contribution in [2.45, 2.75) is 31.3 Å². The zero-order chi connectivity index (χ0) is 24.1. The number of aryl methyl sites for hydroxylation is 1. The summed E-state index contributed by atoms with van der Waals surface area (Å²) in [7, 11) is 0. The largest absolute Gasteiger partial charge is 0.491 e. The SMILES string of the molecule is O=C(c1cc(-c2ccccc2)no1)N1CCOC2(CCCCc3ccccc3OCCNC2=O)C1. The zero-order valence-corrected chi connectivity index (χ0v) is 19.6. The summed E-state index contributed by atoms with van der Waals surface area (Å²) in [6, 6.07) is 19.2. The molecule has 35 heavy (non-hydrogen) atoms. The van der Waals surface area contributed by atoms with Gasteiger partial charge in [0.2, 0.25) is 5.76 Å². The van der Waals surface area contributed by atoms with Gasteiger partial charge in [-0.15, -0.1) is 0 Å². The van der Waals surface area contributed by atoms with E-state index in [0.717, 1.165) is 36.1 Å². The third-order valence-corrected chi connectivity index (χ3v) is 6.57.